The minimum atomic E-state index is -4.38. The highest BCUT2D eigenvalue weighted by molar-refractivity contribution is 7.27. The maximum Gasteiger partial charge on any atom is 0.416 e. The molecule has 1 aliphatic rings. The first-order valence-electron chi connectivity index (χ1n) is 13.6. The van der Waals surface area contributed by atoms with Crippen molar-refractivity contribution in [3.63, 3.8) is 0 Å². The molecule has 10 heteroatoms. The van der Waals surface area contributed by atoms with Crippen molar-refractivity contribution in [2.75, 3.05) is 19.7 Å². The van der Waals surface area contributed by atoms with Crippen LogP contribution in [0.2, 0.25) is 0 Å². The van der Waals surface area contributed by atoms with E-state index in [4.69, 9.17) is 4.74 Å². The van der Waals surface area contributed by atoms with Gasteiger partial charge in [-0.1, -0.05) is 52.0 Å². The van der Waals surface area contributed by atoms with E-state index in [1.165, 1.54) is 6.07 Å². The van der Waals surface area contributed by atoms with E-state index in [2.05, 4.69) is 25.2 Å². The third kappa shape index (κ3) is 13.8. The van der Waals surface area contributed by atoms with Gasteiger partial charge < -0.3 is 20.7 Å². The number of carbonyl (C=O) groups excluding carboxylic acids is 2. The normalized spacial score (nSPS) is 16.5. The molecule has 0 saturated carbocycles. The lowest BCUT2D eigenvalue weighted by Crippen LogP contribution is -2.44. The van der Waals surface area contributed by atoms with Crippen LogP contribution in [0.25, 0.3) is 0 Å². The monoisotopic (exact) mass is 569 g/mol. The topological polar surface area (TPSA) is 79.5 Å². The maximum atomic E-state index is 12.9. The van der Waals surface area contributed by atoms with Crippen molar-refractivity contribution in [1.82, 2.24) is 16.0 Å². The molecule has 1 aliphatic heterocycles. The predicted octanol–water partition coefficient (Wildman–Crippen LogP) is 5.14. The Bertz CT molecular complexity index is 1020. The van der Waals surface area contributed by atoms with Crippen molar-refractivity contribution < 1.29 is 27.5 Å². The van der Waals surface area contributed by atoms with Crippen LogP contribution in [0, 0.1) is 0 Å². The zero-order valence-electron chi connectivity index (χ0n) is 23.4. The van der Waals surface area contributed by atoms with Crippen molar-refractivity contribution in [3.8, 4) is 5.75 Å². The van der Waals surface area contributed by atoms with Crippen molar-refractivity contribution >= 4 is 26.4 Å². The van der Waals surface area contributed by atoms with Crippen LogP contribution in [0.3, 0.4) is 0 Å². The summed E-state index contributed by atoms with van der Waals surface area (Å²) in [5, 5.41) is 9.74. The number of nitrogens with one attached hydrogen (secondary N) is 3. The summed E-state index contributed by atoms with van der Waals surface area (Å²) in [6.45, 7) is 9.16. The van der Waals surface area contributed by atoms with Crippen molar-refractivity contribution in [2.45, 2.75) is 78.6 Å². The zero-order valence-corrected chi connectivity index (χ0v) is 24.6. The molecule has 0 fully saturated rings. The minimum Gasteiger partial charge on any atom is -0.494 e. The Morgan fingerprint density at radius 2 is 1.77 bits per heavy atom. The van der Waals surface area contributed by atoms with Crippen LogP contribution < -0.4 is 26.0 Å². The quantitative estimate of drug-likeness (QED) is 0.344. The summed E-state index contributed by atoms with van der Waals surface area (Å²) < 4.78 is 44.7. The second-order valence-electron chi connectivity index (χ2n) is 8.62. The van der Waals surface area contributed by atoms with E-state index in [1.807, 2.05) is 45.9 Å². The smallest absolute Gasteiger partial charge is 0.416 e. The third-order valence-electron chi connectivity index (χ3n) is 5.60. The van der Waals surface area contributed by atoms with Gasteiger partial charge in [-0.3, -0.25) is 9.59 Å². The van der Waals surface area contributed by atoms with Crippen LogP contribution >= 0.6 is 9.24 Å². The molecule has 0 radical (unpaired) electrons. The van der Waals surface area contributed by atoms with Crippen LogP contribution in [0.5, 0.6) is 5.75 Å². The third-order valence-corrected chi connectivity index (χ3v) is 5.94. The second-order valence-corrected chi connectivity index (χ2v) is 9.29. The average Bonchev–Trinajstić information content (AvgIpc) is 2.91. The highest BCUT2D eigenvalue weighted by Crippen LogP contribution is 2.29. The summed E-state index contributed by atoms with van der Waals surface area (Å²) in [5.74, 6) is 0.274. The van der Waals surface area contributed by atoms with E-state index in [0.29, 0.717) is 44.4 Å². The van der Waals surface area contributed by atoms with E-state index in [1.54, 1.807) is 6.07 Å². The number of hydrogen-bond donors (Lipinski definition) is 3. The molecule has 2 amide bonds. The molecule has 0 spiro atoms. The Morgan fingerprint density at radius 1 is 1.03 bits per heavy atom. The summed E-state index contributed by atoms with van der Waals surface area (Å²) in [7, 11) is 2.66. The van der Waals surface area contributed by atoms with Gasteiger partial charge in [0.05, 0.1) is 18.7 Å². The van der Waals surface area contributed by atoms with Gasteiger partial charge in [-0.05, 0) is 66.9 Å². The van der Waals surface area contributed by atoms with E-state index in [0.717, 1.165) is 35.2 Å². The molecule has 1 heterocycles. The predicted molar refractivity (Wildman–Crippen MR) is 154 cm³/mol. The van der Waals surface area contributed by atoms with Gasteiger partial charge in [0.15, 0.2) is 0 Å². The van der Waals surface area contributed by atoms with E-state index >= 15 is 0 Å². The summed E-state index contributed by atoms with van der Waals surface area (Å²) in [4.78, 5) is 24.4. The number of alkyl halides is 3. The number of rotatable bonds is 5. The van der Waals surface area contributed by atoms with Crippen LogP contribution in [0.4, 0.5) is 13.2 Å². The largest absolute Gasteiger partial charge is 0.494 e. The lowest BCUT2D eigenvalue weighted by molar-refractivity contribution is -0.137. The van der Waals surface area contributed by atoms with Gasteiger partial charge in [-0.25, -0.2) is 0 Å². The molecule has 0 saturated heterocycles. The molecular weight excluding hydrogens is 526 g/mol. The molecule has 2 atom stereocenters. The number of fused-ring (bicyclic) bond motifs is 2. The first-order chi connectivity index (χ1) is 18.7. The van der Waals surface area contributed by atoms with Gasteiger partial charge in [0, 0.05) is 19.0 Å². The fourth-order valence-electron chi connectivity index (χ4n) is 3.89. The van der Waals surface area contributed by atoms with Gasteiger partial charge in [0.1, 0.15) is 5.75 Å². The van der Waals surface area contributed by atoms with Gasteiger partial charge in [-0.2, -0.15) is 13.2 Å². The number of halogens is 3. The van der Waals surface area contributed by atoms with Gasteiger partial charge in [-0.15, -0.1) is 9.24 Å². The molecule has 2 aromatic carbocycles. The number of carbonyl (C=O) groups is 2. The SMILES string of the molecule is CC.CC.O=C1CCCCOc2cc(P)cc(c2)C[C@@H](CCNCc2cccc(C(F)(F)F)c2)NC(=O)CN1. The lowest BCUT2D eigenvalue weighted by Gasteiger charge is -2.20. The van der Waals surface area contributed by atoms with Crippen molar-refractivity contribution in [3.05, 3.63) is 59.2 Å². The molecule has 0 aliphatic carbocycles. The fourth-order valence-corrected chi connectivity index (χ4v) is 4.27. The van der Waals surface area contributed by atoms with E-state index < -0.39 is 11.7 Å². The van der Waals surface area contributed by atoms with Crippen molar-refractivity contribution in [1.29, 1.82) is 0 Å². The molecule has 1 unspecified atom stereocenters. The maximum absolute atomic E-state index is 12.9. The first-order valence-corrected chi connectivity index (χ1v) is 14.2. The Hall–Kier alpha value is -2.64. The Morgan fingerprint density at radius 3 is 2.49 bits per heavy atom. The molecule has 3 N–H and O–H groups in total. The molecule has 39 heavy (non-hydrogen) atoms. The molecule has 2 bridgehead atoms. The van der Waals surface area contributed by atoms with Gasteiger partial charge in [0.2, 0.25) is 11.8 Å². The summed E-state index contributed by atoms with van der Waals surface area (Å²) in [5.41, 5.74) is 0.851. The lowest BCUT2D eigenvalue weighted by atomic mass is 10.0. The Labute approximate surface area is 233 Å². The highest BCUT2D eigenvalue weighted by Gasteiger charge is 2.30. The van der Waals surface area contributed by atoms with Crippen molar-refractivity contribution in [2.24, 2.45) is 0 Å². The van der Waals surface area contributed by atoms with E-state index in [-0.39, 0.29) is 30.9 Å². The molecule has 2 aromatic rings. The first kappa shape index (κ1) is 34.4. The minimum absolute atomic E-state index is 0.0988. The van der Waals surface area contributed by atoms with Crippen LogP contribution in [0.15, 0.2) is 42.5 Å². The summed E-state index contributed by atoms with van der Waals surface area (Å²) in [6.07, 6.45) is -1.56. The average molecular weight is 570 g/mol. The molecule has 0 aromatic heterocycles. The Balaban J connectivity index is 0.00000181. The zero-order chi connectivity index (χ0) is 29.3. The molecule has 6 nitrogen and oxygen atoms in total. The molecule has 218 valence electrons. The van der Waals surface area contributed by atoms with Gasteiger partial charge >= 0.3 is 6.18 Å². The van der Waals surface area contributed by atoms with Crippen LogP contribution in [-0.2, 0) is 28.7 Å². The summed E-state index contributed by atoms with van der Waals surface area (Å²) >= 11 is 0. The Kier molecular flexibility index (Phi) is 16.4. The number of benzene rings is 2. The highest BCUT2D eigenvalue weighted by atomic mass is 31.0. The molecular formula is C29H43F3N3O3P. The van der Waals surface area contributed by atoms with E-state index in [9.17, 15) is 22.8 Å². The van der Waals surface area contributed by atoms with Crippen LogP contribution in [-0.4, -0.2) is 37.6 Å². The van der Waals surface area contributed by atoms with Gasteiger partial charge in [0.25, 0.3) is 0 Å². The second kappa shape index (κ2) is 18.6. The fraction of sp³-hybridized carbons (Fsp3) is 0.517. The number of hydrogen-bond acceptors (Lipinski definition) is 4. The standard InChI is InChI=1S/C25H31F3N3O3P.2C2H6/c26-25(27,28)19-5-3-4-17(10-19)15-29-8-7-20-11-18-12-21(14-22(35)13-18)34-9-2-1-6-23(32)30-16-24(33)31-20;2*1-2/h3-5,10,12-14,20,29H,1-2,6-9,11,15-16,35H2,(H,30,32)(H,31,33);2*1-2H3/t20-;;/m1../s1. The number of amides is 2. The van der Waals surface area contributed by atoms with Crippen LogP contribution in [0.1, 0.15) is 70.1 Å². The molecule has 3 rings (SSSR count). The number of ether oxygens (including phenoxy) is 1. The summed E-state index contributed by atoms with van der Waals surface area (Å²) in [6, 6.07) is 10.9.